The Balaban J connectivity index is 2.58. The average molecular weight is 202 g/mol. The maximum atomic E-state index is 5.67. The van der Waals surface area contributed by atoms with Gasteiger partial charge in [0.05, 0.1) is 22.1 Å². The van der Waals surface area contributed by atoms with E-state index in [1.807, 2.05) is 6.07 Å². The maximum Gasteiger partial charge on any atom is 0.126 e. The van der Waals surface area contributed by atoms with Crippen molar-refractivity contribution in [3.05, 3.63) is 24.8 Å². The van der Waals surface area contributed by atoms with Crippen LogP contribution in [0.1, 0.15) is 0 Å². The summed E-state index contributed by atoms with van der Waals surface area (Å²) >= 11 is 1.58. The van der Waals surface area contributed by atoms with Gasteiger partial charge >= 0.3 is 0 Å². The Morgan fingerprint density at radius 2 is 2.14 bits per heavy atom. The van der Waals surface area contributed by atoms with E-state index in [4.69, 9.17) is 5.73 Å². The molecule has 5 heteroatoms. The van der Waals surface area contributed by atoms with Crippen LogP contribution in [0.15, 0.2) is 24.8 Å². The van der Waals surface area contributed by atoms with E-state index in [9.17, 15) is 0 Å². The minimum Gasteiger partial charge on any atom is -0.397 e. The van der Waals surface area contributed by atoms with Gasteiger partial charge in [-0.3, -0.25) is 0 Å². The Bertz CT molecular complexity index is 616. The van der Waals surface area contributed by atoms with Crippen molar-refractivity contribution >= 4 is 37.5 Å². The maximum absolute atomic E-state index is 5.67. The molecule has 68 valence electrons. The summed E-state index contributed by atoms with van der Waals surface area (Å²) in [6, 6.07) is 1.90. The molecule has 0 saturated heterocycles. The number of anilines is 1. The lowest BCUT2D eigenvalue weighted by Gasteiger charge is -1.91. The fraction of sp³-hybridized carbons (Fsp3) is 0. The van der Waals surface area contributed by atoms with Crippen molar-refractivity contribution in [1.29, 1.82) is 0 Å². The van der Waals surface area contributed by atoms with E-state index in [1.54, 1.807) is 23.7 Å². The average Bonchev–Trinajstić information content (AvgIpc) is 2.56. The number of nitrogens with two attached hydrogens (primary N) is 1. The molecule has 0 bridgehead atoms. The van der Waals surface area contributed by atoms with Gasteiger partial charge in [-0.25, -0.2) is 15.0 Å². The zero-order valence-electron chi connectivity index (χ0n) is 7.14. The molecule has 3 heterocycles. The van der Waals surface area contributed by atoms with E-state index < -0.39 is 0 Å². The third-order valence-corrected chi connectivity index (χ3v) is 3.05. The first-order chi connectivity index (χ1) is 6.84. The smallest absolute Gasteiger partial charge is 0.126 e. The summed E-state index contributed by atoms with van der Waals surface area (Å²) in [5, 5.41) is 1.01. The summed E-state index contributed by atoms with van der Waals surface area (Å²) in [6.07, 6.45) is 4.99. The minimum atomic E-state index is 0.663. The summed E-state index contributed by atoms with van der Waals surface area (Å²) < 4.78 is 1.04. The van der Waals surface area contributed by atoms with Crippen molar-refractivity contribution in [2.75, 3.05) is 5.73 Å². The van der Waals surface area contributed by atoms with Gasteiger partial charge in [0.2, 0.25) is 0 Å². The first-order valence-electron chi connectivity index (χ1n) is 4.08. The molecule has 0 atom stereocenters. The lowest BCUT2D eigenvalue weighted by Crippen LogP contribution is -1.85. The number of thiophene rings is 1. The highest BCUT2D eigenvalue weighted by atomic mass is 32.1. The minimum absolute atomic E-state index is 0.663. The van der Waals surface area contributed by atoms with E-state index in [-0.39, 0.29) is 0 Å². The molecule has 0 aromatic carbocycles. The second kappa shape index (κ2) is 2.62. The van der Waals surface area contributed by atoms with Gasteiger partial charge < -0.3 is 5.73 Å². The normalized spacial score (nSPS) is 11.1. The largest absolute Gasteiger partial charge is 0.397 e. The van der Waals surface area contributed by atoms with Crippen LogP contribution in [-0.2, 0) is 0 Å². The van der Waals surface area contributed by atoms with E-state index >= 15 is 0 Å². The van der Waals surface area contributed by atoms with Crippen LogP contribution < -0.4 is 5.73 Å². The fourth-order valence-corrected chi connectivity index (χ4v) is 2.37. The molecule has 3 aromatic heterocycles. The molecule has 4 nitrogen and oxygen atoms in total. The zero-order valence-corrected chi connectivity index (χ0v) is 7.95. The van der Waals surface area contributed by atoms with Crippen LogP contribution in [0, 0.1) is 0 Å². The molecule has 3 rings (SSSR count). The van der Waals surface area contributed by atoms with Gasteiger partial charge in [0.25, 0.3) is 0 Å². The fourth-order valence-electron chi connectivity index (χ4n) is 1.42. The van der Waals surface area contributed by atoms with Crippen LogP contribution in [-0.4, -0.2) is 15.0 Å². The van der Waals surface area contributed by atoms with Crippen LogP contribution in [0.25, 0.3) is 20.4 Å². The van der Waals surface area contributed by atoms with E-state index in [0.717, 1.165) is 20.4 Å². The van der Waals surface area contributed by atoms with Gasteiger partial charge in [0, 0.05) is 11.6 Å². The van der Waals surface area contributed by atoms with Crippen LogP contribution in [0.2, 0.25) is 0 Å². The van der Waals surface area contributed by atoms with E-state index in [1.165, 1.54) is 6.33 Å². The number of hydrogen-bond donors (Lipinski definition) is 1. The van der Waals surface area contributed by atoms with Crippen molar-refractivity contribution in [2.24, 2.45) is 0 Å². The third-order valence-electron chi connectivity index (χ3n) is 2.01. The quantitative estimate of drug-likeness (QED) is 0.604. The Kier molecular flexibility index (Phi) is 1.43. The molecule has 0 amide bonds. The number of nitrogens with zero attached hydrogens (tertiary/aromatic N) is 3. The standard InChI is InChI=1S/C9H6N4S/c10-5-1-6-8-7(3-11-4-13-8)14-9(6)12-2-5/h1-4H,10H2. The molecule has 2 N–H and O–H groups in total. The molecular formula is C9H6N4S. The Hall–Kier alpha value is -1.75. The molecule has 14 heavy (non-hydrogen) atoms. The number of rotatable bonds is 0. The lowest BCUT2D eigenvalue weighted by atomic mass is 10.3. The van der Waals surface area contributed by atoms with Crippen molar-refractivity contribution < 1.29 is 0 Å². The second-order valence-corrected chi connectivity index (χ2v) is 3.99. The molecule has 0 aliphatic heterocycles. The highest BCUT2D eigenvalue weighted by Gasteiger charge is 2.06. The number of nitrogen functional groups attached to an aromatic ring is 1. The summed E-state index contributed by atoms with van der Waals surface area (Å²) in [7, 11) is 0. The Labute approximate surface area is 83.4 Å². The molecule has 0 aliphatic carbocycles. The number of aromatic nitrogens is 3. The van der Waals surface area contributed by atoms with Crippen molar-refractivity contribution in [3.63, 3.8) is 0 Å². The predicted molar refractivity (Wildman–Crippen MR) is 57.1 cm³/mol. The van der Waals surface area contributed by atoms with Crippen LogP contribution in [0.3, 0.4) is 0 Å². The molecule has 0 spiro atoms. The van der Waals surface area contributed by atoms with Crippen LogP contribution >= 0.6 is 11.3 Å². The molecule has 0 saturated carbocycles. The first kappa shape index (κ1) is 7.64. The van der Waals surface area contributed by atoms with Gasteiger partial charge in [-0.15, -0.1) is 11.3 Å². The molecule has 3 aromatic rings. The van der Waals surface area contributed by atoms with Crippen LogP contribution in [0.5, 0.6) is 0 Å². The number of pyridine rings is 1. The molecule has 0 fully saturated rings. The Morgan fingerprint density at radius 1 is 1.21 bits per heavy atom. The number of hydrogen-bond acceptors (Lipinski definition) is 5. The van der Waals surface area contributed by atoms with E-state index in [0.29, 0.717) is 5.69 Å². The van der Waals surface area contributed by atoms with Gasteiger partial charge in [-0.05, 0) is 6.07 Å². The zero-order chi connectivity index (χ0) is 9.54. The van der Waals surface area contributed by atoms with Crippen LogP contribution in [0.4, 0.5) is 5.69 Å². The summed E-state index contributed by atoms with van der Waals surface area (Å²) in [5.74, 6) is 0. The third kappa shape index (κ3) is 0.958. The van der Waals surface area contributed by atoms with Crippen molar-refractivity contribution in [1.82, 2.24) is 15.0 Å². The van der Waals surface area contributed by atoms with E-state index in [2.05, 4.69) is 15.0 Å². The molecular weight excluding hydrogens is 196 g/mol. The van der Waals surface area contributed by atoms with Gasteiger partial charge in [-0.2, -0.15) is 0 Å². The topological polar surface area (TPSA) is 64.7 Å². The summed E-state index contributed by atoms with van der Waals surface area (Å²) in [5.41, 5.74) is 7.27. The summed E-state index contributed by atoms with van der Waals surface area (Å²) in [4.78, 5) is 13.4. The highest BCUT2D eigenvalue weighted by molar-refractivity contribution is 7.25. The molecule has 0 unspecified atom stereocenters. The Morgan fingerprint density at radius 3 is 3.07 bits per heavy atom. The van der Waals surface area contributed by atoms with Crippen molar-refractivity contribution in [2.45, 2.75) is 0 Å². The highest BCUT2D eigenvalue weighted by Crippen LogP contribution is 2.30. The monoisotopic (exact) mass is 202 g/mol. The first-order valence-corrected chi connectivity index (χ1v) is 4.90. The number of fused-ring (bicyclic) bond motifs is 3. The SMILES string of the molecule is Nc1cnc2sc3cncnc3c2c1. The van der Waals surface area contributed by atoms with Gasteiger partial charge in [-0.1, -0.05) is 0 Å². The van der Waals surface area contributed by atoms with Crippen molar-refractivity contribution in [3.8, 4) is 0 Å². The summed E-state index contributed by atoms with van der Waals surface area (Å²) in [6.45, 7) is 0. The molecule has 0 aliphatic rings. The van der Waals surface area contributed by atoms with Gasteiger partial charge in [0.15, 0.2) is 0 Å². The lowest BCUT2D eigenvalue weighted by molar-refractivity contribution is 1.23. The predicted octanol–water partition coefficient (Wildman–Crippen LogP) is 1.82. The molecule has 0 radical (unpaired) electrons. The second-order valence-electron chi connectivity index (χ2n) is 2.96. The van der Waals surface area contributed by atoms with Gasteiger partial charge in [0.1, 0.15) is 11.2 Å².